The number of aryl methyl sites for hydroxylation is 1. The van der Waals surface area contributed by atoms with Crippen LogP contribution >= 0.6 is 23.4 Å². The number of hydrogen-bond donors (Lipinski definition) is 0. The van der Waals surface area contributed by atoms with Gasteiger partial charge in [-0.3, -0.25) is 10.1 Å². The van der Waals surface area contributed by atoms with Crippen molar-refractivity contribution in [3.63, 3.8) is 0 Å². The molecule has 0 amide bonds. The van der Waals surface area contributed by atoms with Gasteiger partial charge in [-0.05, 0) is 12.5 Å². The molecular formula is C9H10ClNO2S. The van der Waals surface area contributed by atoms with Crippen LogP contribution in [0.15, 0.2) is 23.1 Å². The Hall–Kier alpha value is -0.740. The molecular weight excluding hydrogens is 222 g/mol. The van der Waals surface area contributed by atoms with Crippen LogP contribution < -0.4 is 0 Å². The summed E-state index contributed by atoms with van der Waals surface area (Å²) >= 11 is 6.97. The highest BCUT2D eigenvalue weighted by Gasteiger charge is 2.14. The zero-order chi connectivity index (χ0) is 10.6. The van der Waals surface area contributed by atoms with Gasteiger partial charge in [-0.2, -0.15) is 0 Å². The first-order chi connectivity index (χ1) is 6.66. The molecule has 0 spiro atoms. The number of nitro groups is 1. The second kappa shape index (κ2) is 5.22. The van der Waals surface area contributed by atoms with Crippen molar-refractivity contribution in [2.45, 2.75) is 11.8 Å². The third-order valence-electron chi connectivity index (χ3n) is 1.71. The minimum Gasteiger partial charge on any atom is -0.258 e. The lowest BCUT2D eigenvalue weighted by molar-refractivity contribution is -0.387. The number of halogens is 1. The largest absolute Gasteiger partial charge is 0.283 e. The number of hydrogen-bond acceptors (Lipinski definition) is 3. The summed E-state index contributed by atoms with van der Waals surface area (Å²) in [6.07, 6.45) is 0. The molecule has 0 N–H and O–H groups in total. The molecule has 0 aliphatic rings. The molecule has 0 aliphatic heterocycles. The van der Waals surface area contributed by atoms with E-state index in [0.717, 1.165) is 10.5 Å². The lowest BCUT2D eigenvalue weighted by atomic mass is 10.2. The van der Waals surface area contributed by atoms with Crippen LogP contribution in [-0.2, 0) is 0 Å². The highest BCUT2D eigenvalue weighted by atomic mass is 35.5. The standard InChI is InChI=1S/C9H10ClNO2S/c1-7-3-2-4-8(11(12)13)9(7)14-6-5-10/h2-4H,5-6H2,1H3. The van der Waals surface area contributed by atoms with Gasteiger partial charge in [0.15, 0.2) is 0 Å². The molecule has 0 bridgehead atoms. The van der Waals surface area contributed by atoms with Gasteiger partial charge in [-0.1, -0.05) is 12.1 Å². The van der Waals surface area contributed by atoms with Crippen LogP contribution in [0.1, 0.15) is 5.56 Å². The molecule has 0 fully saturated rings. The molecule has 0 saturated carbocycles. The van der Waals surface area contributed by atoms with Gasteiger partial charge in [0, 0.05) is 17.7 Å². The molecule has 1 rings (SSSR count). The smallest absolute Gasteiger partial charge is 0.258 e. The summed E-state index contributed by atoms with van der Waals surface area (Å²) in [7, 11) is 0. The van der Waals surface area contributed by atoms with Crippen molar-refractivity contribution in [1.29, 1.82) is 0 Å². The van der Waals surface area contributed by atoms with Crippen LogP contribution in [0, 0.1) is 17.0 Å². The summed E-state index contributed by atoms with van der Waals surface area (Å²) in [5.41, 5.74) is 1.09. The highest BCUT2D eigenvalue weighted by molar-refractivity contribution is 7.99. The summed E-state index contributed by atoms with van der Waals surface area (Å²) in [6, 6.07) is 5.07. The van der Waals surface area contributed by atoms with Crippen LogP contribution in [-0.4, -0.2) is 16.6 Å². The second-order valence-electron chi connectivity index (χ2n) is 2.72. The Morgan fingerprint density at radius 2 is 2.29 bits per heavy atom. The Balaban J connectivity index is 3.02. The molecule has 76 valence electrons. The Bertz CT molecular complexity index is 344. The van der Waals surface area contributed by atoms with E-state index < -0.39 is 0 Å². The molecule has 5 heteroatoms. The van der Waals surface area contributed by atoms with Gasteiger partial charge in [-0.25, -0.2) is 0 Å². The molecule has 0 aliphatic carbocycles. The van der Waals surface area contributed by atoms with E-state index in [0.29, 0.717) is 11.6 Å². The number of alkyl halides is 1. The van der Waals surface area contributed by atoms with E-state index in [1.165, 1.54) is 17.8 Å². The fourth-order valence-corrected chi connectivity index (χ4v) is 2.21. The molecule has 3 nitrogen and oxygen atoms in total. The Labute approximate surface area is 91.6 Å². The minimum absolute atomic E-state index is 0.167. The zero-order valence-corrected chi connectivity index (χ0v) is 9.27. The molecule has 0 aromatic heterocycles. The third-order valence-corrected chi connectivity index (χ3v) is 3.35. The lowest BCUT2D eigenvalue weighted by Crippen LogP contribution is -1.93. The second-order valence-corrected chi connectivity index (χ2v) is 4.20. The van der Waals surface area contributed by atoms with Crippen molar-refractivity contribution in [1.82, 2.24) is 0 Å². The van der Waals surface area contributed by atoms with Crippen LogP contribution in [0.4, 0.5) is 5.69 Å². The molecule has 14 heavy (non-hydrogen) atoms. The highest BCUT2D eigenvalue weighted by Crippen LogP contribution is 2.31. The maximum Gasteiger partial charge on any atom is 0.283 e. The molecule has 0 unspecified atom stereocenters. The van der Waals surface area contributed by atoms with E-state index in [4.69, 9.17) is 11.6 Å². The summed E-state index contributed by atoms with van der Waals surface area (Å²) in [5.74, 6) is 1.18. The van der Waals surface area contributed by atoms with Crippen molar-refractivity contribution in [2.24, 2.45) is 0 Å². The molecule has 0 atom stereocenters. The first kappa shape index (κ1) is 11.3. The minimum atomic E-state index is -0.358. The number of thioether (sulfide) groups is 1. The average molecular weight is 232 g/mol. The summed E-state index contributed by atoms with van der Waals surface area (Å²) < 4.78 is 0. The van der Waals surface area contributed by atoms with Crippen molar-refractivity contribution in [3.05, 3.63) is 33.9 Å². The Morgan fingerprint density at radius 1 is 1.57 bits per heavy atom. The molecule has 1 aromatic rings. The number of nitrogens with zero attached hydrogens (tertiary/aromatic N) is 1. The number of nitro benzene ring substituents is 1. The van der Waals surface area contributed by atoms with Gasteiger partial charge >= 0.3 is 0 Å². The number of rotatable bonds is 4. The normalized spacial score (nSPS) is 10.1. The van der Waals surface area contributed by atoms with Gasteiger partial charge < -0.3 is 0 Å². The lowest BCUT2D eigenvalue weighted by Gasteiger charge is -2.04. The first-order valence-electron chi connectivity index (χ1n) is 4.09. The van der Waals surface area contributed by atoms with Crippen LogP contribution in [0.5, 0.6) is 0 Å². The Morgan fingerprint density at radius 3 is 2.86 bits per heavy atom. The van der Waals surface area contributed by atoms with Crippen LogP contribution in [0.3, 0.4) is 0 Å². The van der Waals surface area contributed by atoms with Crippen molar-refractivity contribution in [3.8, 4) is 0 Å². The monoisotopic (exact) mass is 231 g/mol. The summed E-state index contributed by atoms with van der Waals surface area (Å²) in [4.78, 5) is 11.1. The number of benzene rings is 1. The SMILES string of the molecule is Cc1cccc([N+](=O)[O-])c1SCCCl. The first-order valence-corrected chi connectivity index (χ1v) is 5.61. The molecule has 1 aromatic carbocycles. The van der Waals surface area contributed by atoms with Gasteiger partial charge in [-0.15, -0.1) is 23.4 Å². The van der Waals surface area contributed by atoms with E-state index in [1.807, 2.05) is 13.0 Å². The predicted molar refractivity (Wildman–Crippen MR) is 59.3 cm³/mol. The fourth-order valence-electron chi connectivity index (χ4n) is 1.11. The van der Waals surface area contributed by atoms with Crippen molar-refractivity contribution >= 4 is 29.1 Å². The maximum absolute atomic E-state index is 10.7. The molecule has 0 heterocycles. The topological polar surface area (TPSA) is 43.1 Å². The quantitative estimate of drug-likeness (QED) is 0.346. The maximum atomic E-state index is 10.7. The molecule has 0 radical (unpaired) electrons. The average Bonchev–Trinajstić information content (AvgIpc) is 2.15. The van der Waals surface area contributed by atoms with Gasteiger partial charge in [0.1, 0.15) is 0 Å². The van der Waals surface area contributed by atoms with Gasteiger partial charge in [0.25, 0.3) is 5.69 Å². The van der Waals surface area contributed by atoms with Gasteiger partial charge in [0.05, 0.1) is 9.82 Å². The van der Waals surface area contributed by atoms with E-state index in [1.54, 1.807) is 6.07 Å². The van der Waals surface area contributed by atoms with Crippen molar-refractivity contribution < 1.29 is 4.92 Å². The van der Waals surface area contributed by atoms with Crippen LogP contribution in [0.25, 0.3) is 0 Å². The molecule has 0 saturated heterocycles. The Kier molecular flexibility index (Phi) is 4.22. The van der Waals surface area contributed by atoms with E-state index in [2.05, 4.69) is 0 Å². The summed E-state index contributed by atoms with van der Waals surface area (Å²) in [5, 5.41) is 10.7. The third kappa shape index (κ3) is 2.62. The van der Waals surface area contributed by atoms with Crippen molar-refractivity contribution in [2.75, 3.05) is 11.6 Å². The summed E-state index contributed by atoms with van der Waals surface area (Å²) in [6.45, 7) is 1.86. The van der Waals surface area contributed by atoms with E-state index in [-0.39, 0.29) is 10.6 Å². The predicted octanol–water partition coefficient (Wildman–Crippen LogP) is 3.23. The fraction of sp³-hybridized carbons (Fsp3) is 0.333. The van der Waals surface area contributed by atoms with E-state index in [9.17, 15) is 10.1 Å². The van der Waals surface area contributed by atoms with E-state index >= 15 is 0 Å². The van der Waals surface area contributed by atoms with Crippen LogP contribution in [0.2, 0.25) is 0 Å². The zero-order valence-electron chi connectivity index (χ0n) is 7.70. The van der Waals surface area contributed by atoms with Gasteiger partial charge in [0.2, 0.25) is 0 Å².